The van der Waals surface area contributed by atoms with Crippen molar-refractivity contribution >= 4 is 41.0 Å². The molecule has 39 heavy (non-hydrogen) atoms. The zero-order valence-corrected chi connectivity index (χ0v) is 22.4. The van der Waals surface area contributed by atoms with Crippen LogP contribution >= 0.6 is 23.2 Å². The third-order valence-corrected chi connectivity index (χ3v) is 7.37. The van der Waals surface area contributed by atoms with Crippen LogP contribution in [0.4, 0.5) is 8.78 Å². The summed E-state index contributed by atoms with van der Waals surface area (Å²) in [4.78, 5) is 34.2. The second-order valence-corrected chi connectivity index (χ2v) is 10.3. The van der Waals surface area contributed by atoms with Crippen LogP contribution in [0.5, 0.6) is 11.5 Å². The molecule has 0 heterocycles. The summed E-state index contributed by atoms with van der Waals surface area (Å²) >= 11 is 11.3. The molecule has 0 unspecified atom stereocenters. The lowest BCUT2D eigenvalue weighted by Gasteiger charge is -2.53. The van der Waals surface area contributed by atoms with Gasteiger partial charge < -0.3 is 30.9 Å². The summed E-state index contributed by atoms with van der Waals surface area (Å²) in [7, 11) is 0. The van der Waals surface area contributed by atoms with Gasteiger partial charge in [0.15, 0.2) is 13.2 Å². The molecule has 0 atom stereocenters. The monoisotopic (exact) mass is 587 g/mol. The van der Waals surface area contributed by atoms with Crippen LogP contribution in [0.2, 0.25) is 10.0 Å². The summed E-state index contributed by atoms with van der Waals surface area (Å²) in [6.45, 7) is -0.735. The molecule has 212 valence electrons. The van der Waals surface area contributed by atoms with Gasteiger partial charge in [0.05, 0.1) is 16.6 Å². The summed E-state index contributed by atoms with van der Waals surface area (Å²) in [5.74, 6) is -2.29. The Bertz CT molecular complexity index is 1110. The first kappa shape index (κ1) is 30.4. The van der Waals surface area contributed by atoms with Crippen LogP contribution in [0.25, 0.3) is 0 Å². The molecule has 2 aromatic carbocycles. The second kappa shape index (κ2) is 13.3. The SMILES string of the molecule is NCC(=O)O.O=C(COc1ccc(Cl)c(F)c1)NC12CCC(NC(=O)COc3ccc(Cl)c(F)c3)(CC1)CC2. The second-order valence-electron chi connectivity index (χ2n) is 9.48. The van der Waals surface area contributed by atoms with E-state index in [1.54, 1.807) is 0 Å². The molecule has 9 nitrogen and oxygen atoms in total. The molecule has 3 saturated carbocycles. The van der Waals surface area contributed by atoms with Gasteiger partial charge in [-0.1, -0.05) is 23.2 Å². The predicted octanol–water partition coefficient (Wildman–Crippen LogP) is 3.84. The molecule has 5 N–H and O–H groups in total. The fourth-order valence-electron chi connectivity index (χ4n) is 4.66. The van der Waals surface area contributed by atoms with Gasteiger partial charge in [0, 0.05) is 23.2 Å². The molecular weight excluding hydrogens is 559 g/mol. The van der Waals surface area contributed by atoms with Crippen LogP contribution < -0.4 is 25.8 Å². The maximum Gasteiger partial charge on any atom is 0.317 e. The number of carboxylic acids is 1. The molecule has 3 fully saturated rings. The normalized spacial score (nSPS) is 21.3. The van der Waals surface area contributed by atoms with Gasteiger partial charge in [-0.25, -0.2) is 8.78 Å². The molecular formula is C26H29Cl2F2N3O6. The number of halogens is 4. The highest BCUT2D eigenvalue weighted by Gasteiger charge is 2.49. The van der Waals surface area contributed by atoms with Gasteiger partial charge in [-0.2, -0.15) is 0 Å². The fraction of sp³-hybridized carbons (Fsp3) is 0.423. The van der Waals surface area contributed by atoms with Crippen molar-refractivity contribution in [3.05, 3.63) is 58.1 Å². The van der Waals surface area contributed by atoms with Crippen LogP contribution in [0.15, 0.2) is 36.4 Å². The van der Waals surface area contributed by atoms with E-state index >= 15 is 0 Å². The summed E-state index contributed by atoms with van der Waals surface area (Å²) in [6.07, 6.45) is 4.32. The minimum Gasteiger partial charge on any atom is -0.484 e. The molecule has 2 bridgehead atoms. The van der Waals surface area contributed by atoms with E-state index in [0.29, 0.717) is 0 Å². The Morgan fingerprint density at radius 1 is 0.795 bits per heavy atom. The number of carbonyl (C=O) groups excluding carboxylic acids is 2. The lowest BCUT2D eigenvalue weighted by atomic mass is 9.61. The molecule has 0 aliphatic heterocycles. The van der Waals surface area contributed by atoms with E-state index in [2.05, 4.69) is 16.4 Å². The zero-order chi connectivity index (χ0) is 28.6. The highest BCUT2D eigenvalue weighted by molar-refractivity contribution is 6.31. The minimum atomic E-state index is -0.968. The van der Waals surface area contributed by atoms with Gasteiger partial charge in [-0.3, -0.25) is 14.4 Å². The van der Waals surface area contributed by atoms with Crippen LogP contribution in [-0.2, 0) is 14.4 Å². The number of carboxylic acid groups (broad SMARTS) is 1. The van der Waals surface area contributed by atoms with Crippen molar-refractivity contribution in [3.63, 3.8) is 0 Å². The van der Waals surface area contributed by atoms with E-state index in [0.717, 1.165) is 50.7 Å². The van der Waals surface area contributed by atoms with E-state index < -0.39 is 17.6 Å². The number of hydrogen-bond donors (Lipinski definition) is 4. The molecule has 3 aliphatic rings. The Balaban J connectivity index is 0.000000771. The third kappa shape index (κ3) is 8.67. The number of rotatable bonds is 9. The Kier molecular flexibility index (Phi) is 10.3. The Morgan fingerprint density at radius 3 is 1.41 bits per heavy atom. The van der Waals surface area contributed by atoms with E-state index in [1.165, 1.54) is 24.3 Å². The number of hydrogen-bond acceptors (Lipinski definition) is 6. The van der Waals surface area contributed by atoms with Gasteiger partial charge in [-0.15, -0.1) is 0 Å². The molecule has 13 heteroatoms. The van der Waals surface area contributed by atoms with E-state index in [1.807, 2.05) is 0 Å². The first-order valence-corrected chi connectivity index (χ1v) is 12.9. The summed E-state index contributed by atoms with van der Waals surface area (Å²) in [5.41, 5.74) is 3.90. The first-order chi connectivity index (χ1) is 18.4. The quantitative estimate of drug-likeness (QED) is 0.349. The maximum absolute atomic E-state index is 13.5. The number of fused-ring (bicyclic) bond motifs is 3. The highest BCUT2D eigenvalue weighted by Crippen LogP contribution is 2.46. The maximum atomic E-state index is 13.5. The smallest absolute Gasteiger partial charge is 0.317 e. The van der Waals surface area contributed by atoms with Gasteiger partial charge in [0.25, 0.3) is 11.8 Å². The standard InChI is InChI=1S/C24H24Cl2F2N2O4.C2H5NO2/c25-17-3-1-15(11-19(17)27)33-13-21(31)29-23-5-8-24(9-6-23,10-7-23)30-22(32)14-34-16-2-4-18(26)20(28)12-16;3-1-2(4)5/h1-4,11-12H,5-10,13-14H2,(H,29,31)(H,30,32);1,3H2,(H,4,5). The number of nitrogens with one attached hydrogen (secondary N) is 2. The van der Waals surface area contributed by atoms with Crippen molar-refractivity contribution in [1.82, 2.24) is 10.6 Å². The lowest BCUT2D eigenvalue weighted by molar-refractivity contribution is -0.135. The van der Waals surface area contributed by atoms with Crippen molar-refractivity contribution in [2.45, 2.75) is 49.6 Å². The van der Waals surface area contributed by atoms with Gasteiger partial charge in [0.2, 0.25) is 0 Å². The van der Waals surface area contributed by atoms with Crippen LogP contribution in [0.3, 0.4) is 0 Å². The lowest BCUT2D eigenvalue weighted by Crippen LogP contribution is -2.64. The average Bonchev–Trinajstić information content (AvgIpc) is 2.91. The fourth-order valence-corrected chi connectivity index (χ4v) is 4.89. The van der Waals surface area contributed by atoms with Gasteiger partial charge in [0.1, 0.15) is 23.1 Å². The van der Waals surface area contributed by atoms with Crippen molar-refractivity contribution in [3.8, 4) is 11.5 Å². The third-order valence-electron chi connectivity index (χ3n) is 6.75. The number of ether oxygens (including phenoxy) is 2. The molecule has 2 amide bonds. The van der Waals surface area contributed by atoms with Crippen molar-refractivity contribution in [2.24, 2.45) is 5.73 Å². The van der Waals surface area contributed by atoms with Crippen LogP contribution in [0.1, 0.15) is 38.5 Å². The van der Waals surface area contributed by atoms with Crippen molar-refractivity contribution < 1.29 is 37.7 Å². The van der Waals surface area contributed by atoms with Crippen LogP contribution in [0, 0.1) is 11.6 Å². The molecule has 3 aliphatic carbocycles. The molecule has 5 rings (SSSR count). The van der Waals surface area contributed by atoms with Crippen LogP contribution in [-0.4, -0.2) is 53.7 Å². The van der Waals surface area contributed by atoms with Crippen molar-refractivity contribution in [1.29, 1.82) is 0 Å². The van der Waals surface area contributed by atoms with E-state index in [4.69, 9.17) is 37.8 Å². The summed E-state index contributed by atoms with van der Waals surface area (Å²) in [6, 6.07) is 8.03. The Hall–Kier alpha value is -3.15. The Labute approximate surface area is 233 Å². The largest absolute Gasteiger partial charge is 0.484 e. The number of amides is 2. The first-order valence-electron chi connectivity index (χ1n) is 12.1. The average molecular weight is 588 g/mol. The molecule has 2 aromatic rings. The molecule has 0 radical (unpaired) electrons. The summed E-state index contributed by atoms with van der Waals surface area (Å²) in [5, 5.41) is 13.7. The topological polar surface area (TPSA) is 140 Å². The molecule has 0 aromatic heterocycles. The highest BCUT2D eigenvalue weighted by atomic mass is 35.5. The van der Waals surface area contributed by atoms with Crippen molar-refractivity contribution in [2.75, 3.05) is 19.8 Å². The summed E-state index contributed by atoms with van der Waals surface area (Å²) < 4.78 is 37.8. The predicted molar refractivity (Wildman–Crippen MR) is 140 cm³/mol. The number of nitrogens with two attached hydrogens (primary N) is 1. The Morgan fingerprint density at radius 2 is 1.13 bits per heavy atom. The van der Waals surface area contributed by atoms with E-state index in [-0.39, 0.29) is 64.2 Å². The number of benzene rings is 2. The van der Waals surface area contributed by atoms with E-state index in [9.17, 15) is 23.2 Å². The molecule has 0 spiro atoms. The zero-order valence-electron chi connectivity index (χ0n) is 20.9. The number of carbonyl (C=O) groups is 3. The van der Waals surface area contributed by atoms with Gasteiger partial charge in [-0.05, 0) is 62.8 Å². The number of aliphatic carboxylic acids is 1. The molecule has 0 saturated heterocycles. The van der Waals surface area contributed by atoms with Gasteiger partial charge >= 0.3 is 5.97 Å². The minimum absolute atomic E-state index is 0.0129.